The highest BCUT2D eigenvalue weighted by atomic mass is 35.5. The maximum atomic E-state index is 4.44. The molecule has 120 valence electrons. The quantitative estimate of drug-likeness (QED) is 0.599. The molecule has 0 bridgehead atoms. The second-order valence-electron chi connectivity index (χ2n) is 4.88. The van der Waals surface area contributed by atoms with Crippen molar-refractivity contribution in [1.82, 2.24) is 9.97 Å². The Balaban J connectivity index is 0.00000192. The molecular formula is C17H18ClN3S2. The van der Waals surface area contributed by atoms with Gasteiger partial charge in [-0.05, 0) is 31.0 Å². The molecule has 2 aromatic heterocycles. The van der Waals surface area contributed by atoms with Gasteiger partial charge in [0.25, 0.3) is 0 Å². The molecule has 0 atom stereocenters. The van der Waals surface area contributed by atoms with Crippen LogP contribution in [-0.2, 0) is 6.42 Å². The van der Waals surface area contributed by atoms with Crippen LogP contribution in [-0.4, -0.2) is 15.7 Å². The van der Waals surface area contributed by atoms with E-state index in [4.69, 9.17) is 0 Å². The molecule has 0 spiro atoms. The Hall–Kier alpha value is -1.56. The zero-order valence-corrected chi connectivity index (χ0v) is 15.2. The third kappa shape index (κ3) is 5.53. The van der Waals surface area contributed by atoms with Gasteiger partial charge < -0.3 is 5.32 Å². The lowest BCUT2D eigenvalue weighted by Crippen LogP contribution is -1.93. The van der Waals surface area contributed by atoms with E-state index in [0.29, 0.717) is 0 Å². The number of thiazole rings is 1. The molecular weight excluding hydrogens is 346 g/mol. The number of nitrogens with one attached hydrogen (secondary N) is 1. The molecule has 0 aliphatic carbocycles. The fraction of sp³-hybridized carbons (Fsp3) is 0.176. The van der Waals surface area contributed by atoms with Gasteiger partial charge in [-0.2, -0.15) is 0 Å². The first-order chi connectivity index (χ1) is 10.8. The summed E-state index contributed by atoms with van der Waals surface area (Å²) in [6.45, 7) is 1.99. The van der Waals surface area contributed by atoms with Gasteiger partial charge >= 0.3 is 0 Å². The SMILES string of the molecule is Cc1csc(Nc2ccc(SCCc3ccccc3)cn2)n1.Cl. The maximum absolute atomic E-state index is 4.44. The highest BCUT2D eigenvalue weighted by molar-refractivity contribution is 7.99. The Kier molecular flexibility index (Phi) is 6.89. The Morgan fingerprint density at radius 3 is 2.61 bits per heavy atom. The summed E-state index contributed by atoms with van der Waals surface area (Å²) < 4.78 is 0. The molecule has 0 amide bonds. The van der Waals surface area contributed by atoms with Crippen molar-refractivity contribution in [3.63, 3.8) is 0 Å². The van der Waals surface area contributed by atoms with Crippen LogP contribution >= 0.6 is 35.5 Å². The van der Waals surface area contributed by atoms with Crippen LogP contribution in [0.1, 0.15) is 11.3 Å². The van der Waals surface area contributed by atoms with Crippen LogP contribution in [0, 0.1) is 6.92 Å². The van der Waals surface area contributed by atoms with E-state index >= 15 is 0 Å². The van der Waals surface area contributed by atoms with Crippen LogP contribution in [0.5, 0.6) is 0 Å². The summed E-state index contributed by atoms with van der Waals surface area (Å²) in [6.07, 6.45) is 2.99. The molecule has 1 N–H and O–H groups in total. The Morgan fingerprint density at radius 1 is 1.13 bits per heavy atom. The summed E-state index contributed by atoms with van der Waals surface area (Å²) in [5.74, 6) is 1.89. The normalized spacial score (nSPS) is 10.1. The molecule has 0 radical (unpaired) electrons. The molecule has 3 nitrogen and oxygen atoms in total. The number of hydrogen-bond acceptors (Lipinski definition) is 5. The van der Waals surface area contributed by atoms with Gasteiger partial charge in [0.1, 0.15) is 5.82 Å². The zero-order chi connectivity index (χ0) is 15.2. The van der Waals surface area contributed by atoms with E-state index in [1.165, 1.54) is 10.5 Å². The minimum absolute atomic E-state index is 0. The second-order valence-corrected chi connectivity index (χ2v) is 6.91. The zero-order valence-electron chi connectivity index (χ0n) is 12.7. The molecule has 2 heterocycles. The fourth-order valence-electron chi connectivity index (χ4n) is 1.99. The van der Waals surface area contributed by atoms with Gasteiger partial charge in [0, 0.05) is 22.2 Å². The van der Waals surface area contributed by atoms with Crippen molar-refractivity contribution >= 4 is 46.5 Å². The van der Waals surface area contributed by atoms with Crippen LogP contribution < -0.4 is 5.32 Å². The van der Waals surface area contributed by atoms with Crippen molar-refractivity contribution in [3.8, 4) is 0 Å². The minimum Gasteiger partial charge on any atom is -0.316 e. The number of aromatic nitrogens is 2. The monoisotopic (exact) mass is 363 g/mol. The molecule has 0 saturated heterocycles. The number of benzene rings is 1. The van der Waals surface area contributed by atoms with Crippen LogP contribution in [0.4, 0.5) is 10.9 Å². The highest BCUT2D eigenvalue weighted by Gasteiger charge is 2.01. The first-order valence-electron chi connectivity index (χ1n) is 7.11. The maximum Gasteiger partial charge on any atom is 0.188 e. The topological polar surface area (TPSA) is 37.8 Å². The lowest BCUT2D eigenvalue weighted by Gasteiger charge is -2.04. The van der Waals surface area contributed by atoms with Gasteiger partial charge in [-0.3, -0.25) is 0 Å². The number of rotatable bonds is 6. The molecule has 3 rings (SSSR count). The summed E-state index contributed by atoms with van der Waals surface area (Å²) in [4.78, 5) is 10.0. The summed E-state index contributed by atoms with van der Waals surface area (Å²) >= 11 is 3.42. The van der Waals surface area contributed by atoms with E-state index in [2.05, 4.69) is 51.7 Å². The van der Waals surface area contributed by atoms with Gasteiger partial charge in [0.05, 0.1) is 5.69 Å². The molecule has 1 aromatic carbocycles. The van der Waals surface area contributed by atoms with Crippen molar-refractivity contribution in [2.24, 2.45) is 0 Å². The van der Waals surface area contributed by atoms with Crippen LogP contribution in [0.2, 0.25) is 0 Å². The second kappa shape index (κ2) is 8.91. The van der Waals surface area contributed by atoms with E-state index in [1.807, 2.05) is 36.3 Å². The van der Waals surface area contributed by atoms with Gasteiger partial charge in [-0.15, -0.1) is 35.5 Å². The number of nitrogens with zero attached hydrogens (tertiary/aromatic N) is 2. The molecule has 0 unspecified atom stereocenters. The number of thioether (sulfide) groups is 1. The minimum atomic E-state index is 0. The standard InChI is InChI=1S/C17H17N3S2.ClH/c1-13-12-22-17(19-13)20-16-8-7-15(11-18-16)21-10-9-14-5-3-2-4-6-14;/h2-8,11-12H,9-10H2,1H3,(H,18,19,20);1H. The van der Waals surface area contributed by atoms with Crippen molar-refractivity contribution in [2.75, 3.05) is 11.1 Å². The number of hydrogen-bond donors (Lipinski definition) is 1. The molecule has 0 fully saturated rings. The van der Waals surface area contributed by atoms with E-state index in [1.54, 1.807) is 11.3 Å². The third-order valence-electron chi connectivity index (χ3n) is 3.09. The first-order valence-corrected chi connectivity index (χ1v) is 8.98. The summed E-state index contributed by atoms with van der Waals surface area (Å²) in [5, 5.41) is 6.13. The summed E-state index contributed by atoms with van der Waals surface area (Å²) in [7, 11) is 0. The predicted molar refractivity (Wildman–Crippen MR) is 102 cm³/mol. The van der Waals surface area contributed by atoms with Gasteiger partial charge in [0.2, 0.25) is 0 Å². The first kappa shape index (κ1) is 17.8. The molecule has 23 heavy (non-hydrogen) atoms. The highest BCUT2D eigenvalue weighted by Crippen LogP contribution is 2.22. The van der Waals surface area contributed by atoms with Crippen molar-refractivity contribution < 1.29 is 0 Å². The molecule has 6 heteroatoms. The number of anilines is 2. The summed E-state index contributed by atoms with van der Waals surface area (Å²) in [6, 6.07) is 14.7. The van der Waals surface area contributed by atoms with Crippen LogP contribution in [0.3, 0.4) is 0 Å². The Morgan fingerprint density at radius 2 is 1.96 bits per heavy atom. The smallest absolute Gasteiger partial charge is 0.188 e. The van der Waals surface area contributed by atoms with Gasteiger partial charge in [-0.1, -0.05) is 30.3 Å². The van der Waals surface area contributed by atoms with E-state index < -0.39 is 0 Å². The Labute approximate surface area is 151 Å². The van der Waals surface area contributed by atoms with Crippen molar-refractivity contribution in [3.05, 3.63) is 65.3 Å². The van der Waals surface area contributed by atoms with Crippen molar-refractivity contribution in [2.45, 2.75) is 18.2 Å². The van der Waals surface area contributed by atoms with Crippen LogP contribution in [0.15, 0.2) is 58.9 Å². The number of halogens is 1. The van der Waals surface area contributed by atoms with E-state index in [-0.39, 0.29) is 12.4 Å². The average molecular weight is 364 g/mol. The fourth-order valence-corrected chi connectivity index (χ4v) is 3.55. The third-order valence-corrected chi connectivity index (χ3v) is 4.95. The number of aryl methyl sites for hydroxylation is 2. The lowest BCUT2D eigenvalue weighted by molar-refractivity contribution is 1.15. The van der Waals surface area contributed by atoms with Gasteiger partial charge in [0.15, 0.2) is 5.13 Å². The largest absolute Gasteiger partial charge is 0.316 e. The van der Waals surface area contributed by atoms with Crippen LogP contribution in [0.25, 0.3) is 0 Å². The van der Waals surface area contributed by atoms with Crippen molar-refractivity contribution in [1.29, 1.82) is 0 Å². The van der Waals surface area contributed by atoms with E-state index in [0.717, 1.165) is 28.8 Å². The predicted octanol–water partition coefficient (Wildman–Crippen LogP) is 5.35. The van der Waals surface area contributed by atoms with E-state index in [9.17, 15) is 0 Å². The molecule has 3 aromatic rings. The molecule has 0 aliphatic rings. The Bertz CT molecular complexity index is 714. The summed E-state index contributed by atoms with van der Waals surface area (Å²) in [5.41, 5.74) is 2.40. The molecule has 0 aliphatic heterocycles. The number of pyridine rings is 1. The average Bonchev–Trinajstić information content (AvgIpc) is 2.95. The van der Waals surface area contributed by atoms with Gasteiger partial charge in [-0.25, -0.2) is 9.97 Å². The molecule has 0 saturated carbocycles. The lowest BCUT2D eigenvalue weighted by atomic mass is 10.2.